The molecule has 0 aliphatic heterocycles. The fraction of sp³-hybridized carbons (Fsp3) is 0.737. The zero-order valence-corrected chi connectivity index (χ0v) is 14.9. The Balaban J connectivity index is 1.98. The Morgan fingerprint density at radius 1 is 1.23 bits per heavy atom. The Bertz CT molecular complexity index is 476. The molecule has 1 heterocycles. The van der Waals surface area contributed by atoms with Gasteiger partial charge in [0.05, 0.1) is 18.0 Å². The van der Waals surface area contributed by atoms with Crippen LogP contribution in [0, 0.1) is 18.3 Å². The molecule has 3 nitrogen and oxygen atoms in total. The first-order valence-electron chi connectivity index (χ1n) is 8.82. The van der Waals surface area contributed by atoms with E-state index in [9.17, 15) is 0 Å². The minimum Gasteiger partial charge on any atom is -0.490 e. The maximum absolute atomic E-state index is 5.78. The smallest absolute Gasteiger partial charge is 0.163 e. The summed E-state index contributed by atoms with van der Waals surface area (Å²) in [5.74, 6) is 1.78. The van der Waals surface area contributed by atoms with E-state index >= 15 is 0 Å². The summed E-state index contributed by atoms with van der Waals surface area (Å²) < 4.78 is 5.78. The number of nitrogens with zero attached hydrogens (tertiary/aromatic N) is 1. The van der Waals surface area contributed by atoms with E-state index in [0.717, 1.165) is 23.0 Å². The molecule has 1 saturated carbocycles. The van der Waals surface area contributed by atoms with E-state index in [1.807, 2.05) is 26.1 Å². The van der Waals surface area contributed by atoms with Crippen molar-refractivity contribution in [3.05, 3.63) is 18.0 Å². The van der Waals surface area contributed by atoms with Crippen LogP contribution >= 0.6 is 0 Å². The maximum Gasteiger partial charge on any atom is 0.163 e. The molecule has 0 radical (unpaired) electrons. The number of rotatable bonds is 6. The van der Waals surface area contributed by atoms with Crippen LogP contribution in [0.3, 0.4) is 0 Å². The van der Waals surface area contributed by atoms with Crippen molar-refractivity contribution in [1.82, 2.24) is 4.98 Å². The first kappa shape index (κ1) is 17.1. The molecule has 3 heteroatoms. The number of aryl methyl sites for hydroxylation is 1. The van der Waals surface area contributed by atoms with Crippen molar-refractivity contribution in [2.24, 2.45) is 11.3 Å². The van der Waals surface area contributed by atoms with Crippen molar-refractivity contribution in [1.29, 1.82) is 0 Å². The Kier molecular flexibility index (Phi) is 5.71. The summed E-state index contributed by atoms with van der Waals surface area (Å²) in [6.07, 6.45) is 8.29. The third-order valence-corrected chi connectivity index (χ3v) is 5.47. The van der Waals surface area contributed by atoms with Gasteiger partial charge in [-0.3, -0.25) is 4.98 Å². The van der Waals surface area contributed by atoms with Crippen molar-refractivity contribution in [2.75, 3.05) is 11.9 Å². The lowest BCUT2D eigenvalue weighted by Gasteiger charge is -2.39. The zero-order valence-electron chi connectivity index (χ0n) is 14.9. The highest BCUT2D eigenvalue weighted by molar-refractivity contribution is 5.58. The van der Waals surface area contributed by atoms with Gasteiger partial charge >= 0.3 is 0 Å². The highest BCUT2D eigenvalue weighted by Gasteiger charge is 2.31. The van der Waals surface area contributed by atoms with Gasteiger partial charge in [0, 0.05) is 12.2 Å². The van der Waals surface area contributed by atoms with Gasteiger partial charge in [-0.1, -0.05) is 27.2 Å². The van der Waals surface area contributed by atoms with E-state index in [2.05, 4.69) is 31.1 Å². The Morgan fingerprint density at radius 2 is 1.91 bits per heavy atom. The largest absolute Gasteiger partial charge is 0.490 e. The van der Waals surface area contributed by atoms with Crippen LogP contribution in [0.2, 0.25) is 0 Å². The van der Waals surface area contributed by atoms with Crippen LogP contribution in [0.15, 0.2) is 12.3 Å². The first-order chi connectivity index (χ1) is 10.5. The van der Waals surface area contributed by atoms with Crippen LogP contribution in [-0.2, 0) is 0 Å². The van der Waals surface area contributed by atoms with Gasteiger partial charge < -0.3 is 10.1 Å². The molecule has 0 saturated heterocycles. The monoisotopic (exact) mass is 304 g/mol. The average Bonchev–Trinajstić information content (AvgIpc) is 2.51. The van der Waals surface area contributed by atoms with Crippen LogP contribution < -0.4 is 10.1 Å². The van der Waals surface area contributed by atoms with E-state index in [-0.39, 0.29) is 0 Å². The Morgan fingerprint density at radius 3 is 2.50 bits per heavy atom. The molecule has 0 unspecified atom stereocenters. The minimum atomic E-state index is 0.481. The first-order valence-corrected chi connectivity index (χ1v) is 8.82. The number of ether oxygens (including phenoxy) is 1. The van der Waals surface area contributed by atoms with Crippen LogP contribution in [-0.4, -0.2) is 17.6 Å². The number of anilines is 1. The molecule has 1 fully saturated rings. The molecule has 22 heavy (non-hydrogen) atoms. The second kappa shape index (κ2) is 7.34. The summed E-state index contributed by atoms with van der Waals surface area (Å²) in [5, 5.41) is 3.70. The third kappa shape index (κ3) is 3.93. The van der Waals surface area contributed by atoms with Crippen LogP contribution in [0.25, 0.3) is 0 Å². The van der Waals surface area contributed by atoms with Gasteiger partial charge in [0.15, 0.2) is 5.75 Å². The Hall–Kier alpha value is -1.25. The maximum atomic E-state index is 5.78. The quantitative estimate of drug-likeness (QED) is 0.784. The topological polar surface area (TPSA) is 34.1 Å². The van der Waals surface area contributed by atoms with Gasteiger partial charge in [0.25, 0.3) is 0 Å². The predicted octanol–water partition coefficient (Wildman–Crippen LogP) is 5.20. The molecule has 1 aliphatic rings. The SMILES string of the molecule is CCOc1c(NC2CCC(C(C)(C)CC)CC2)ccnc1C. The van der Waals surface area contributed by atoms with Crippen molar-refractivity contribution in [3.8, 4) is 5.75 Å². The molecule has 1 aromatic heterocycles. The molecule has 1 aliphatic carbocycles. The third-order valence-electron chi connectivity index (χ3n) is 5.47. The molecular formula is C19H32N2O. The molecule has 2 rings (SSSR count). The zero-order chi connectivity index (χ0) is 16.2. The lowest BCUT2D eigenvalue weighted by atomic mass is 9.69. The normalized spacial score (nSPS) is 22.4. The van der Waals surface area contributed by atoms with Crippen molar-refractivity contribution < 1.29 is 4.74 Å². The van der Waals surface area contributed by atoms with Crippen LogP contribution in [0.5, 0.6) is 5.75 Å². The van der Waals surface area contributed by atoms with Gasteiger partial charge in [-0.2, -0.15) is 0 Å². The number of aromatic nitrogens is 1. The fourth-order valence-electron chi connectivity index (χ4n) is 3.52. The summed E-state index contributed by atoms with van der Waals surface area (Å²) in [5.41, 5.74) is 2.55. The number of hydrogen-bond donors (Lipinski definition) is 1. The summed E-state index contributed by atoms with van der Waals surface area (Å²) in [7, 11) is 0. The standard InChI is InChI=1S/C19H32N2O/c1-6-19(4,5)15-8-10-16(11-9-15)21-17-12-13-20-14(3)18(17)22-7-2/h12-13,15-16H,6-11H2,1-5H3,(H,20,21). The van der Waals surface area contributed by atoms with Gasteiger partial charge in [-0.05, 0) is 56.9 Å². The molecule has 1 N–H and O–H groups in total. The van der Waals surface area contributed by atoms with Crippen molar-refractivity contribution in [3.63, 3.8) is 0 Å². The lowest BCUT2D eigenvalue weighted by Crippen LogP contribution is -2.32. The van der Waals surface area contributed by atoms with Gasteiger partial charge in [0.2, 0.25) is 0 Å². The van der Waals surface area contributed by atoms with Crippen molar-refractivity contribution >= 4 is 5.69 Å². The molecule has 0 amide bonds. The highest BCUT2D eigenvalue weighted by atomic mass is 16.5. The van der Waals surface area contributed by atoms with E-state index < -0.39 is 0 Å². The van der Waals surface area contributed by atoms with E-state index in [1.165, 1.54) is 32.1 Å². The summed E-state index contributed by atoms with van der Waals surface area (Å²) in [4.78, 5) is 4.34. The molecule has 1 aromatic rings. The molecule has 0 spiro atoms. The fourth-order valence-corrected chi connectivity index (χ4v) is 3.52. The minimum absolute atomic E-state index is 0.481. The van der Waals surface area contributed by atoms with Crippen LogP contribution in [0.1, 0.15) is 65.5 Å². The molecule has 0 atom stereocenters. The van der Waals surface area contributed by atoms with Gasteiger partial charge in [-0.15, -0.1) is 0 Å². The second-order valence-electron chi connectivity index (χ2n) is 7.24. The summed E-state index contributed by atoms with van der Waals surface area (Å²) >= 11 is 0. The van der Waals surface area contributed by atoms with E-state index in [1.54, 1.807) is 0 Å². The van der Waals surface area contributed by atoms with E-state index in [0.29, 0.717) is 18.1 Å². The number of nitrogens with one attached hydrogen (secondary N) is 1. The molecule has 124 valence electrons. The molecule has 0 bridgehead atoms. The molecule has 0 aromatic carbocycles. The van der Waals surface area contributed by atoms with Crippen LogP contribution in [0.4, 0.5) is 5.69 Å². The van der Waals surface area contributed by atoms with Crippen molar-refractivity contribution in [2.45, 2.75) is 72.8 Å². The summed E-state index contributed by atoms with van der Waals surface area (Å²) in [6.45, 7) is 11.9. The lowest BCUT2D eigenvalue weighted by molar-refractivity contribution is 0.147. The van der Waals surface area contributed by atoms with Gasteiger partial charge in [0.1, 0.15) is 0 Å². The Labute approximate surface area is 135 Å². The second-order valence-corrected chi connectivity index (χ2v) is 7.24. The van der Waals surface area contributed by atoms with E-state index in [4.69, 9.17) is 4.74 Å². The summed E-state index contributed by atoms with van der Waals surface area (Å²) in [6, 6.07) is 2.60. The van der Waals surface area contributed by atoms with Gasteiger partial charge in [-0.25, -0.2) is 0 Å². The highest BCUT2D eigenvalue weighted by Crippen LogP contribution is 2.41. The number of hydrogen-bond acceptors (Lipinski definition) is 3. The average molecular weight is 304 g/mol. The number of pyridine rings is 1. The predicted molar refractivity (Wildman–Crippen MR) is 93.6 cm³/mol. The molecular weight excluding hydrogens is 272 g/mol.